The molecule has 0 spiro atoms. The van der Waals surface area contributed by atoms with Crippen molar-refractivity contribution < 1.29 is 5.11 Å². The first-order chi connectivity index (χ1) is 6.79. The van der Waals surface area contributed by atoms with Crippen molar-refractivity contribution in [1.82, 2.24) is 0 Å². The zero-order chi connectivity index (χ0) is 11.6. The van der Waals surface area contributed by atoms with E-state index in [9.17, 15) is 5.11 Å². The van der Waals surface area contributed by atoms with E-state index < -0.39 is 0 Å². The van der Waals surface area contributed by atoms with E-state index in [1.54, 1.807) is 12.1 Å². The quantitative estimate of drug-likeness (QED) is 0.713. The van der Waals surface area contributed by atoms with Gasteiger partial charge in [-0.2, -0.15) is 0 Å². The second kappa shape index (κ2) is 4.05. The van der Waals surface area contributed by atoms with E-state index in [2.05, 4.69) is 20.8 Å². The average Bonchev–Trinajstić information content (AvgIpc) is 2.06. The molecule has 82 valence electrons. The number of aryl methyl sites for hydroxylation is 1. The van der Waals surface area contributed by atoms with Crippen molar-refractivity contribution in [2.75, 3.05) is 0 Å². The maximum Gasteiger partial charge on any atom is 0.118 e. The Kier molecular flexibility index (Phi) is 3.18. The van der Waals surface area contributed by atoms with Crippen molar-refractivity contribution in [3.63, 3.8) is 0 Å². The Hall–Kier alpha value is -1.31. The first-order valence-electron chi connectivity index (χ1n) is 5.17. The molecule has 0 aliphatic carbocycles. The van der Waals surface area contributed by atoms with Crippen LogP contribution in [0, 0.1) is 17.7 Å². The first kappa shape index (κ1) is 11.8. The molecule has 15 heavy (non-hydrogen) atoms. The summed E-state index contributed by atoms with van der Waals surface area (Å²) in [4.78, 5) is 0. The molecule has 0 atom stereocenters. The molecule has 0 bridgehead atoms. The van der Waals surface area contributed by atoms with E-state index in [1.165, 1.54) is 0 Å². The lowest BCUT2D eigenvalue weighted by atomic mass is 9.87. The van der Waals surface area contributed by atoms with Crippen LogP contribution in [0.1, 0.15) is 38.3 Å². The number of benzene rings is 1. The maximum absolute atomic E-state index is 9.39. The molecular formula is C13H19NO. The normalized spacial score (nSPS) is 11.5. The van der Waals surface area contributed by atoms with E-state index in [0.717, 1.165) is 17.5 Å². The number of hydrogen-bond acceptors (Lipinski definition) is 2. The molecular weight excluding hydrogens is 186 g/mol. The van der Waals surface area contributed by atoms with Crippen LogP contribution in [0.3, 0.4) is 0 Å². The van der Waals surface area contributed by atoms with Crippen LogP contribution in [0.2, 0.25) is 0 Å². The average molecular weight is 205 g/mol. The van der Waals surface area contributed by atoms with Gasteiger partial charge in [0.1, 0.15) is 5.75 Å². The molecule has 2 heteroatoms. The molecule has 0 saturated carbocycles. The van der Waals surface area contributed by atoms with Crippen molar-refractivity contribution >= 4 is 5.71 Å². The van der Waals surface area contributed by atoms with Crippen LogP contribution in [-0.4, -0.2) is 10.8 Å². The van der Waals surface area contributed by atoms with Gasteiger partial charge in [0.2, 0.25) is 0 Å². The van der Waals surface area contributed by atoms with Gasteiger partial charge < -0.3 is 10.5 Å². The highest BCUT2D eigenvalue weighted by Gasteiger charge is 2.14. The third kappa shape index (κ3) is 3.39. The molecule has 0 heterocycles. The number of nitrogens with one attached hydrogen (secondary N) is 1. The minimum atomic E-state index is 0.128. The molecule has 0 amide bonds. The predicted molar refractivity (Wildman–Crippen MR) is 63.7 cm³/mol. The highest BCUT2D eigenvalue weighted by Crippen LogP contribution is 2.23. The monoisotopic (exact) mass is 205 g/mol. The van der Waals surface area contributed by atoms with Crippen molar-refractivity contribution in [3.8, 4) is 5.75 Å². The second-order valence-electron chi connectivity index (χ2n) is 5.22. The van der Waals surface area contributed by atoms with Gasteiger partial charge in [-0.1, -0.05) is 20.8 Å². The number of hydrogen-bond donors (Lipinski definition) is 2. The Bertz CT molecular complexity index is 375. The topological polar surface area (TPSA) is 44.1 Å². The lowest BCUT2D eigenvalue weighted by Crippen LogP contribution is -2.13. The summed E-state index contributed by atoms with van der Waals surface area (Å²) >= 11 is 0. The third-order valence-corrected chi connectivity index (χ3v) is 2.25. The smallest absolute Gasteiger partial charge is 0.118 e. The lowest BCUT2D eigenvalue weighted by molar-refractivity contribution is 0.433. The van der Waals surface area contributed by atoms with Gasteiger partial charge in [0, 0.05) is 5.71 Å². The van der Waals surface area contributed by atoms with Crippen molar-refractivity contribution in [1.29, 1.82) is 5.41 Å². The summed E-state index contributed by atoms with van der Waals surface area (Å²) in [6, 6.07) is 5.32. The van der Waals surface area contributed by atoms with E-state index in [0.29, 0.717) is 11.5 Å². The molecule has 0 radical (unpaired) electrons. The Morgan fingerprint density at radius 1 is 1.33 bits per heavy atom. The van der Waals surface area contributed by atoms with Gasteiger partial charge >= 0.3 is 0 Å². The molecule has 1 aromatic rings. The molecule has 0 aliphatic heterocycles. The number of aromatic hydroxyl groups is 1. The molecule has 1 rings (SSSR count). The van der Waals surface area contributed by atoms with Crippen molar-refractivity contribution in [3.05, 3.63) is 29.3 Å². The van der Waals surface area contributed by atoms with Gasteiger partial charge in [0.25, 0.3) is 0 Å². The molecule has 1 aromatic carbocycles. The standard InChI is InChI=1S/C13H19NO/c1-9-7-10(5-6-12(9)15)11(14)8-13(2,3)4/h5-7,14-15H,8H2,1-4H3. The molecule has 0 unspecified atom stereocenters. The van der Waals surface area contributed by atoms with Crippen LogP contribution >= 0.6 is 0 Å². The molecule has 2 nitrogen and oxygen atoms in total. The number of phenols is 1. The molecule has 0 fully saturated rings. The summed E-state index contributed by atoms with van der Waals surface area (Å²) in [5.74, 6) is 0.294. The Labute approximate surface area is 91.5 Å². The van der Waals surface area contributed by atoms with E-state index >= 15 is 0 Å². The van der Waals surface area contributed by atoms with Gasteiger partial charge in [0.05, 0.1) is 0 Å². The third-order valence-electron chi connectivity index (χ3n) is 2.25. The molecule has 2 N–H and O–H groups in total. The summed E-state index contributed by atoms with van der Waals surface area (Å²) in [5, 5.41) is 17.4. The first-order valence-corrected chi connectivity index (χ1v) is 5.17. The zero-order valence-corrected chi connectivity index (χ0v) is 9.89. The largest absolute Gasteiger partial charge is 0.508 e. The Balaban J connectivity index is 2.88. The minimum absolute atomic E-state index is 0.128. The van der Waals surface area contributed by atoms with Crippen LogP contribution in [0.25, 0.3) is 0 Å². The molecule has 0 saturated heterocycles. The SMILES string of the molecule is Cc1cc(C(=N)CC(C)(C)C)ccc1O. The lowest BCUT2D eigenvalue weighted by Gasteiger charge is -2.18. The fourth-order valence-corrected chi connectivity index (χ4v) is 1.48. The fraction of sp³-hybridized carbons (Fsp3) is 0.462. The summed E-state index contributed by atoms with van der Waals surface area (Å²) in [7, 11) is 0. The van der Waals surface area contributed by atoms with Crippen LogP contribution in [0.5, 0.6) is 5.75 Å². The van der Waals surface area contributed by atoms with Crippen LogP contribution in [0.15, 0.2) is 18.2 Å². The van der Waals surface area contributed by atoms with Crippen LogP contribution < -0.4 is 0 Å². The maximum atomic E-state index is 9.39. The van der Waals surface area contributed by atoms with Crippen molar-refractivity contribution in [2.45, 2.75) is 34.1 Å². The summed E-state index contributed by atoms with van der Waals surface area (Å²) in [6.45, 7) is 8.21. The van der Waals surface area contributed by atoms with E-state index in [-0.39, 0.29) is 5.41 Å². The van der Waals surface area contributed by atoms with Gasteiger partial charge in [-0.25, -0.2) is 0 Å². The Morgan fingerprint density at radius 3 is 2.40 bits per heavy atom. The summed E-state index contributed by atoms with van der Waals surface area (Å²) in [5.41, 5.74) is 2.49. The van der Waals surface area contributed by atoms with E-state index in [1.807, 2.05) is 13.0 Å². The van der Waals surface area contributed by atoms with Gasteiger partial charge in [-0.15, -0.1) is 0 Å². The fourth-order valence-electron chi connectivity index (χ4n) is 1.48. The molecule has 0 aromatic heterocycles. The highest BCUT2D eigenvalue weighted by atomic mass is 16.3. The second-order valence-corrected chi connectivity index (χ2v) is 5.22. The van der Waals surface area contributed by atoms with Gasteiger partial charge in [0.15, 0.2) is 0 Å². The number of rotatable bonds is 2. The Morgan fingerprint density at radius 2 is 1.93 bits per heavy atom. The predicted octanol–water partition coefficient (Wildman–Crippen LogP) is 3.50. The summed E-state index contributed by atoms with van der Waals surface area (Å²) in [6.07, 6.45) is 0.747. The van der Waals surface area contributed by atoms with E-state index in [4.69, 9.17) is 5.41 Å². The van der Waals surface area contributed by atoms with Crippen LogP contribution in [0.4, 0.5) is 0 Å². The van der Waals surface area contributed by atoms with Gasteiger partial charge in [-0.05, 0) is 48.1 Å². The summed E-state index contributed by atoms with van der Waals surface area (Å²) < 4.78 is 0. The van der Waals surface area contributed by atoms with Crippen molar-refractivity contribution in [2.24, 2.45) is 5.41 Å². The number of phenolic OH excluding ortho intramolecular Hbond substituents is 1. The minimum Gasteiger partial charge on any atom is -0.508 e. The highest BCUT2D eigenvalue weighted by molar-refractivity contribution is 5.98. The molecule has 0 aliphatic rings. The van der Waals surface area contributed by atoms with Crippen LogP contribution in [-0.2, 0) is 0 Å². The zero-order valence-electron chi connectivity index (χ0n) is 9.89. The van der Waals surface area contributed by atoms with Gasteiger partial charge in [-0.3, -0.25) is 0 Å².